The predicted molar refractivity (Wildman–Crippen MR) is 78.9 cm³/mol. The van der Waals surface area contributed by atoms with E-state index in [2.05, 4.69) is 20.5 Å². The van der Waals surface area contributed by atoms with E-state index in [9.17, 15) is 4.79 Å². The predicted octanol–water partition coefficient (Wildman–Crippen LogP) is 1.75. The number of hydrogen-bond donors (Lipinski definition) is 2. The number of carbonyl (C=O) groups is 1. The fourth-order valence-corrected chi connectivity index (χ4v) is 2.83. The molecule has 21 heavy (non-hydrogen) atoms. The lowest BCUT2D eigenvalue weighted by Crippen LogP contribution is -2.22. The summed E-state index contributed by atoms with van der Waals surface area (Å²) in [4.78, 5) is 17.3. The van der Waals surface area contributed by atoms with Gasteiger partial charge in [-0.2, -0.15) is 5.10 Å². The molecule has 0 saturated carbocycles. The van der Waals surface area contributed by atoms with E-state index in [1.807, 2.05) is 6.92 Å². The zero-order valence-electron chi connectivity index (χ0n) is 11.3. The molecule has 0 atom stereocenters. The molecule has 3 heterocycles. The third kappa shape index (κ3) is 2.57. The molecule has 0 saturated heterocycles. The summed E-state index contributed by atoms with van der Waals surface area (Å²) in [5.74, 6) is 0.988. The van der Waals surface area contributed by atoms with Gasteiger partial charge in [-0.1, -0.05) is 6.92 Å². The molecule has 0 aliphatic carbocycles. The molecule has 0 spiro atoms. The zero-order chi connectivity index (χ0) is 14.8. The Kier molecular flexibility index (Phi) is 3.53. The number of amides is 1. The SMILES string of the molecule is CCc1cnc(CNC(=O)c2sc3nnccc3c2N)o1. The van der Waals surface area contributed by atoms with Crippen molar-refractivity contribution in [3.63, 3.8) is 0 Å². The van der Waals surface area contributed by atoms with Crippen LogP contribution in [0.1, 0.15) is 28.2 Å². The molecular formula is C13H13N5O2S. The van der Waals surface area contributed by atoms with Gasteiger partial charge in [-0.3, -0.25) is 4.79 Å². The number of nitrogen functional groups attached to an aromatic ring is 1. The van der Waals surface area contributed by atoms with Crippen LogP contribution in [0.3, 0.4) is 0 Å². The first-order chi connectivity index (χ1) is 10.2. The second kappa shape index (κ2) is 5.49. The molecule has 0 aliphatic rings. The molecule has 0 unspecified atom stereocenters. The van der Waals surface area contributed by atoms with Crippen molar-refractivity contribution in [2.24, 2.45) is 0 Å². The third-order valence-electron chi connectivity index (χ3n) is 2.98. The van der Waals surface area contributed by atoms with Gasteiger partial charge in [0.05, 0.1) is 24.6 Å². The number of rotatable bonds is 4. The van der Waals surface area contributed by atoms with Crippen LogP contribution in [-0.4, -0.2) is 21.1 Å². The summed E-state index contributed by atoms with van der Waals surface area (Å²) in [7, 11) is 0. The fourth-order valence-electron chi connectivity index (χ4n) is 1.87. The van der Waals surface area contributed by atoms with Crippen molar-refractivity contribution in [2.75, 3.05) is 5.73 Å². The second-order valence-corrected chi connectivity index (χ2v) is 5.35. The summed E-state index contributed by atoms with van der Waals surface area (Å²) in [5.41, 5.74) is 6.40. The van der Waals surface area contributed by atoms with Crippen LogP contribution in [0.4, 0.5) is 5.69 Å². The Labute approximate surface area is 124 Å². The molecule has 3 N–H and O–H groups in total. The number of anilines is 1. The van der Waals surface area contributed by atoms with Gasteiger partial charge in [0.25, 0.3) is 5.91 Å². The molecule has 0 aromatic carbocycles. The molecule has 3 rings (SSSR count). The van der Waals surface area contributed by atoms with Gasteiger partial charge in [0.2, 0.25) is 5.89 Å². The number of hydrogen-bond acceptors (Lipinski definition) is 7. The van der Waals surface area contributed by atoms with Gasteiger partial charge in [0, 0.05) is 11.8 Å². The highest BCUT2D eigenvalue weighted by Crippen LogP contribution is 2.31. The minimum absolute atomic E-state index is 0.220. The molecule has 0 aliphatic heterocycles. The van der Waals surface area contributed by atoms with Crippen LogP contribution in [0.25, 0.3) is 10.2 Å². The van der Waals surface area contributed by atoms with Crippen molar-refractivity contribution in [2.45, 2.75) is 19.9 Å². The standard InChI is InChI=1S/C13H13N5O2S/c1-2-7-5-15-9(20-7)6-16-12(19)11-10(14)8-3-4-17-18-13(8)21-11/h3-5H,2,6,14H2,1H3,(H,16,19). The molecule has 7 nitrogen and oxygen atoms in total. The quantitative estimate of drug-likeness (QED) is 0.760. The Hall–Kier alpha value is -2.48. The van der Waals surface area contributed by atoms with E-state index < -0.39 is 0 Å². The van der Waals surface area contributed by atoms with Crippen LogP contribution in [0.15, 0.2) is 22.9 Å². The van der Waals surface area contributed by atoms with Crippen molar-refractivity contribution >= 4 is 33.1 Å². The number of nitrogens with two attached hydrogens (primary N) is 1. The van der Waals surface area contributed by atoms with E-state index in [0.717, 1.165) is 17.6 Å². The van der Waals surface area contributed by atoms with Gasteiger partial charge in [-0.05, 0) is 6.07 Å². The highest BCUT2D eigenvalue weighted by atomic mass is 32.1. The maximum atomic E-state index is 12.2. The molecule has 0 radical (unpaired) electrons. The smallest absolute Gasteiger partial charge is 0.264 e. The lowest BCUT2D eigenvalue weighted by molar-refractivity contribution is 0.0952. The summed E-state index contributed by atoms with van der Waals surface area (Å²) in [6.45, 7) is 2.19. The Morgan fingerprint density at radius 2 is 2.38 bits per heavy atom. The number of nitrogens with zero attached hydrogens (tertiary/aromatic N) is 3. The average molecular weight is 303 g/mol. The number of aromatic nitrogens is 3. The molecule has 3 aromatic rings. The van der Waals surface area contributed by atoms with Gasteiger partial charge in [0.1, 0.15) is 15.5 Å². The van der Waals surface area contributed by atoms with Crippen molar-refractivity contribution in [1.82, 2.24) is 20.5 Å². The van der Waals surface area contributed by atoms with Crippen LogP contribution in [0, 0.1) is 0 Å². The first-order valence-corrected chi connectivity index (χ1v) is 7.22. The maximum Gasteiger partial charge on any atom is 0.264 e. The van der Waals surface area contributed by atoms with Crippen LogP contribution in [-0.2, 0) is 13.0 Å². The van der Waals surface area contributed by atoms with E-state index in [1.54, 1.807) is 18.5 Å². The minimum atomic E-state index is -0.272. The fraction of sp³-hybridized carbons (Fsp3) is 0.231. The lowest BCUT2D eigenvalue weighted by Gasteiger charge is -2.01. The van der Waals surface area contributed by atoms with Gasteiger partial charge >= 0.3 is 0 Å². The topological polar surface area (TPSA) is 107 Å². The summed E-state index contributed by atoms with van der Waals surface area (Å²) < 4.78 is 5.43. The van der Waals surface area contributed by atoms with Gasteiger partial charge in [0.15, 0.2) is 0 Å². The van der Waals surface area contributed by atoms with E-state index in [1.165, 1.54) is 11.3 Å². The first kappa shape index (κ1) is 13.5. The van der Waals surface area contributed by atoms with Crippen molar-refractivity contribution in [3.8, 4) is 0 Å². The van der Waals surface area contributed by atoms with E-state index in [-0.39, 0.29) is 12.5 Å². The second-order valence-electron chi connectivity index (χ2n) is 4.35. The highest BCUT2D eigenvalue weighted by molar-refractivity contribution is 7.21. The van der Waals surface area contributed by atoms with Crippen LogP contribution in [0.2, 0.25) is 0 Å². The van der Waals surface area contributed by atoms with Crippen LogP contribution < -0.4 is 11.1 Å². The number of carbonyl (C=O) groups excluding carboxylic acids is 1. The van der Waals surface area contributed by atoms with Crippen molar-refractivity contribution < 1.29 is 9.21 Å². The Bertz CT molecular complexity index is 795. The van der Waals surface area contributed by atoms with Crippen LogP contribution in [0.5, 0.6) is 0 Å². The molecule has 3 aromatic heterocycles. The van der Waals surface area contributed by atoms with Gasteiger partial charge in [-0.15, -0.1) is 16.4 Å². The molecule has 8 heteroatoms. The zero-order valence-corrected chi connectivity index (χ0v) is 12.1. The Morgan fingerprint density at radius 1 is 1.52 bits per heavy atom. The van der Waals surface area contributed by atoms with Crippen molar-refractivity contribution in [1.29, 1.82) is 0 Å². The summed E-state index contributed by atoms with van der Waals surface area (Å²) in [5, 5.41) is 11.2. The number of oxazole rings is 1. The maximum absolute atomic E-state index is 12.2. The van der Waals surface area contributed by atoms with E-state index in [0.29, 0.717) is 21.3 Å². The van der Waals surface area contributed by atoms with E-state index in [4.69, 9.17) is 10.2 Å². The normalized spacial score (nSPS) is 10.9. The van der Waals surface area contributed by atoms with Crippen LogP contribution >= 0.6 is 11.3 Å². The molecule has 108 valence electrons. The average Bonchev–Trinajstić information content (AvgIpc) is 3.10. The molecule has 1 amide bonds. The summed E-state index contributed by atoms with van der Waals surface area (Å²) >= 11 is 1.22. The molecule has 0 fully saturated rings. The number of aryl methyl sites for hydroxylation is 1. The van der Waals surface area contributed by atoms with E-state index >= 15 is 0 Å². The number of nitrogens with one attached hydrogen (secondary N) is 1. The summed E-state index contributed by atoms with van der Waals surface area (Å²) in [6.07, 6.45) is 3.97. The molecule has 0 bridgehead atoms. The first-order valence-electron chi connectivity index (χ1n) is 6.40. The van der Waals surface area contributed by atoms with Gasteiger partial charge < -0.3 is 15.5 Å². The van der Waals surface area contributed by atoms with Crippen molar-refractivity contribution in [3.05, 3.63) is 35.0 Å². The van der Waals surface area contributed by atoms with Gasteiger partial charge in [-0.25, -0.2) is 4.98 Å². The highest BCUT2D eigenvalue weighted by Gasteiger charge is 2.17. The monoisotopic (exact) mass is 303 g/mol. The molecular weight excluding hydrogens is 290 g/mol. The number of thiophene rings is 1. The largest absolute Gasteiger partial charge is 0.444 e. The Morgan fingerprint density at radius 3 is 3.10 bits per heavy atom. The Balaban J connectivity index is 1.76. The minimum Gasteiger partial charge on any atom is -0.444 e. The summed E-state index contributed by atoms with van der Waals surface area (Å²) in [6, 6.07) is 1.74. The third-order valence-corrected chi connectivity index (χ3v) is 4.08. The number of fused-ring (bicyclic) bond motifs is 1. The lowest BCUT2D eigenvalue weighted by atomic mass is 10.3.